The number of unbranched alkanes of at least 4 members (excludes halogenated alkanes) is 1. The first-order chi connectivity index (χ1) is 10.8. The Balaban J connectivity index is 1.72. The molecule has 0 saturated carbocycles. The van der Waals surface area contributed by atoms with Crippen LogP contribution in [0.4, 0.5) is 11.4 Å². The molecule has 4 heteroatoms. The van der Waals surface area contributed by atoms with Crippen LogP contribution in [0.1, 0.15) is 12.8 Å². The van der Waals surface area contributed by atoms with Crippen LogP contribution in [0.5, 0.6) is 0 Å². The molecule has 0 atom stereocenters. The van der Waals surface area contributed by atoms with Crippen molar-refractivity contribution in [1.29, 1.82) is 0 Å². The fraction of sp³-hybridized carbons (Fsp3) is 0.222. The average Bonchev–Trinajstić information content (AvgIpc) is 2.84. The fourth-order valence-corrected chi connectivity index (χ4v) is 2.05. The molecule has 22 heavy (non-hydrogen) atoms. The van der Waals surface area contributed by atoms with Crippen molar-refractivity contribution in [3.63, 3.8) is 0 Å². The molecule has 2 aromatic carbocycles. The summed E-state index contributed by atoms with van der Waals surface area (Å²) in [6.07, 6.45) is 1.83. The van der Waals surface area contributed by atoms with Crippen molar-refractivity contribution in [2.75, 3.05) is 23.7 Å². The van der Waals surface area contributed by atoms with E-state index in [2.05, 4.69) is 10.6 Å². The summed E-state index contributed by atoms with van der Waals surface area (Å²) in [5, 5.41) is 6.29. The second-order valence-corrected chi connectivity index (χ2v) is 4.94. The zero-order valence-electron chi connectivity index (χ0n) is 12.4. The molecule has 0 radical (unpaired) electrons. The van der Waals surface area contributed by atoms with E-state index < -0.39 is 0 Å². The van der Waals surface area contributed by atoms with Gasteiger partial charge in [-0.3, -0.25) is 9.59 Å². The largest absolute Gasteiger partial charge is 0.382 e. The molecule has 2 rings (SSSR count). The average molecular weight is 296 g/mol. The molecule has 0 aromatic heterocycles. The van der Waals surface area contributed by atoms with Gasteiger partial charge in [-0.25, -0.2) is 0 Å². The van der Waals surface area contributed by atoms with E-state index in [0.717, 1.165) is 25.9 Å². The second-order valence-electron chi connectivity index (χ2n) is 4.94. The first-order valence-electron chi connectivity index (χ1n) is 7.44. The maximum absolute atomic E-state index is 11.7. The van der Waals surface area contributed by atoms with Gasteiger partial charge in [0.15, 0.2) is 0 Å². The molecule has 0 aliphatic rings. The topological polar surface area (TPSA) is 58.2 Å². The Labute approximate surface area is 129 Å². The Kier molecular flexibility index (Phi) is 6.18. The van der Waals surface area contributed by atoms with Crippen LogP contribution in [0, 0.1) is 0 Å². The van der Waals surface area contributed by atoms with Gasteiger partial charge in [0.05, 0.1) is 11.4 Å². The van der Waals surface area contributed by atoms with Crippen LogP contribution in [0.25, 0.3) is 0 Å². The van der Waals surface area contributed by atoms with Crippen LogP contribution < -0.4 is 21.5 Å². The highest BCUT2D eigenvalue weighted by molar-refractivity contribution is 5.42. The van der Waals surface area contributed by atoms with E-state index in [-0.39, 0.29) is 10.9 Å². The molecule has 0 heterocycles. The van der Waals surface area contributed by atoms with Gasteiger partial charge < -0.3 is 10.6 Å². The van der Waals surface area contributed by atoms with Crippen LogP contribution in [-0.2, 0) is 0 Å². The lowest BCUT2D eigenvalue weighted by molar-refractivity contribution is 0.795. The molecule has 0 saturated heterocycles. The molecule has 4 nitrogen and oxygen atoms in total. The van der Waals surface area contributed by atoms with Crippen LogP contribution >= 0.6 is 0 Å². The zero-order chi connectivity index (χ0) is 15.6. The van der Waals surface area contributed by atoms with Crippen molar-refractivity contribution in [2.24, 2.45) is 0 Å². The molecule has 0 aliphatic heterocycles. The van der Waals surface area contributed by atoms with Crippen molar-refractivity contribution in [1.82, 2.24) is 0 Å². The van der Waals surface area contributed by atoms with Crippen molar-refractivity contribution in [3.8, 4) is 0 Å². The van der Waals surface area contributed by atoms with Crippen molar-refractivity contribution < 1.29 is 0 Å². The molecule has 114 valence electrons. The summed E-state index contributed by atoms with van der Waals surface area (Å²) in [5.74, 6) is 0. The fourth-order valence-electron chi connectivity index (χ4n) is 2.05. The molecular formula is C18H20N2O2. The summed E-state index contributed by atoms with van der Waals surface area (Å²) in [7, 11) is 0. The number of nitrogens with one attached hydrogen (secondary N) is 2. The Morgan fingerprint density at radius 1 is 0.591 bits per heavy atom. The van der Waals surface area contributed by atoms with Crippen molar-refractivity contribution in [3.05, 3.63) is 81.1 Å². The lowest BCUT2D eigenvalue weighted by Gasteiger charge is -2.06. The van der Waals surface area contributed by atoms with Gasteiger partial charge in [0, 0.05) is 13.1 Å². The van der Waals surface area contributed by atoms with Gasteiger partial charge in [-0.2, -0.15) is 0 Å². The summed E-state index contributed by atoms with van der Waals surface area (Å²) in [5.41, 5.74) is 1.23. The summed E-state index contributed by atoms with van der Waals surface area (Å²) in [6, 6.07) is 17.5. The molecule has 2 N–H and O–H groups in total. The van der Waals surface area contributed by atoms with Gasteiger partial charge in [-0.05, 0) is 37.1 Å². The monoisotopic (exact) mass is 296 g/mol. The highest BCUT2D eigenvalue weighted by Gasteiger charge is 1.97. The van der Waals surface area contributed by atoms with E-state index in [4.69, 9.17) is 0 Å². The quantitative estimate of drug-likeness (QED) is 0.771. The van der Waals surface area contributed by atoms with Crippen molar-refractivity contribution >= 4 is 11.4 Å². The minimum Gasteiger partial charge on any atom is -0.382 e. The van der Waals surface area contributed by atoms with Gasteiger partial charge in [0.1, 0.15) is 0 Å². The Morgan fingerprint density at radius 2 is 1.00 bits per heavy atom. The van der Waals surface area contributed by atoms with Crippen LogP contribution in [-0.4, -0.2) is 13.1 Å². The Morgan fingerprint density at radius 3 is 1.45 bits per heavy atom. The summed E-state index contributed by atoms with van der Waals surface area (Å²) < 4.78 is 0. The van der Waals surface area contributed by atoms with Crippen molar-refractivity contribution in [2.45, 2.75) is 12.8 Å². The molecule has 2 aromatic rings. The maximum Gasteiger partial charge on any atom is 0.201 e. The van der Waals surface area contributed by atoms with E-state index in [1.807, 2.05) is 24.3 Å². The normalized spacial score (nSPS) is 10.0. The third kappa shape index (κ3) is 5.05. The van der Waals surface area contributed by atoms with Gasteiger partial charge >= 0.3 is 0 Å². The minimum absolute atomic E-state index is 0.00379. The molecule has 0 bridgehead atoms. The number of rotatable bonds is 7. The molecule has 0 spiro atoms. The third-order valence-corrected chi connectivity index (χ3v) is 3.23. The van der Waals surface area contributed by atoms with E-state index in [9.17, 15) is 9.59 Å². The lowest BCUT2D eigenvalue weighted by atomic mass is 10.3. The summed E-state index contributed by atoms with van der Waals surface area (Å²) >= 11 is 0. The van der Waals surface area contributed by atoms with Crippen LogP contribution in [0.15, 0.2) is 70.3 Å². The molecule has 0 fully saturated rings. The first-order valence-corrected chi connectivity index (χ1v) is 7.44. The summed E-state index contributed by atoms with van der Waals surface area (Å²) in [6.45, 7) is 1.46. The zero-order valence-corrected chi connectivity index (χ0v) is 12.4. The van der Waals surface area contributed by atoms with Gasteiger partial charge in [-0.15, -0.1) is 0 Å². The number of hydrogen-bond acceptors (Lipinski definition) is 4. The first kappa shape index (κ1) is 15.8. The number of hydrogen-bond donors (Lipinski definition) is 2. The van der Waals surface area contributed by atoms with Gasteiger partial charge in [0.25, 0.3) is 0 Å². The van der Waals surface area contributed by atoms with E-state index >= 15 is 0 Å². The molecule has 0 unspecified atom stereocenters. The highest BCUT2D eigenvalue weighted by atomic mass is 16.1. The van der Waals surface area contributed by atoms with E-state index in [0.29, 0.717) is 11.4 Å². The minimum atomic E-state index is -0.00379. The summed E-state index contributed by atoms with van der Waals surface area (Å²) in [4.78, 5) is 23.4. The predicted molar refractivity (Wildman–Crippen MR) is 91.6 cm³/mol. The van der Waals surface area contributed by atoms with Gasteiger partial charge in [-0.1, -0.05) is 36.4 Å². The van der Waals surface area contributed by atoms with Crippen LogP contribution in [0.2, 0.25) is 0 Å². The Bertz CT molecular complexity index is 654. The maximum atomic E-state index is 11.7. The Hall–Kier alpha value is -2.62. The smallest absolute Gasteiger partial charge is 0.201 e. The number of anilines is 2. The van der Waals surface area contributed by atoms with E-state index in [1.165, 1.54) is 0 Å². The lowest BCUT2D eigenvalue weighted by Crippen LogP contribution is -2.13. The standard InChI is InChI=1S/C18H20N2O2/c21-17-11-5-1-3-9-15(17)19-13-7-8-14-20-16-10-4-2-6-12-18(16)22/h1-6,9-12H,7-8,13-14H2,(H,19,21)(H,20,22). The third-order valence-electron chi connectivity index (χ3n) is 3.23. The molecule has 0 amide bonds. The SMILES string of the molecule is O=c1cccccc1NCCCCNc1cccccc1=O. The predicted octanol–water partition coefficient (Wildman–Crippen LogP) is 2.71. The van der Waals surface area contributed by atoms with Crippen LogP contribution in [0.3, 0.4) is 0 Å². The second kappa shape index (κ2) is 8.62. The highest BCUT2D eigenvalue weighted by Crippen LogP contribution is 2.00. The van der Waals surface area contributed by atoms with E-state index in [1.54, 1.807) is 36.4 Å². The molecule has 0 aliphatic carbocycles. The molecular weight excluding hydrogens is 276 g/mol. The van der Waals surface area contributed by atoms with Gasteiger partial charge in [0.2, 0.25) is 10.9 Å².